The third kappa shape index (κ3) is 2.97. The molecule has 1 aromatic heterocycles. The maximum absolute atomic E-state index is 11.1. The molecule has 2 aromatic rings. The van der Waals surface area contributed by atoms with Crippen molar-refractivity contribution in [3.05, 3.63) is 43.5 Å². The summed E-state index contributed by atoms with van der Waals surface area (Å²) < 4.78 is 6.01. The molecular formula is C11H8BrClN4O3. The highest BCUT2D eigenvalue weighted by Gasteiger charge is 2.21. The number of ether oxygens (including phenoxy) is 1. The smallest absolute Gasteiger partial charge is 0.313 e. The zero-order valence-corrected chi connectivity index (χ0v) is 12.5. The Kier molecular flexibility index (Phi) is 4.05. The van der Waals surface area contributed by atoms with E-state index in [1.54, 1.807) is 13.0 Å². The number of rotatable bonds is 3. The Bertz CT molecular complexity index is 696. The molecule has 0 aliphatic rings. The van der Waals surface area contributed by atoms with E-state index in [-0.39, 0.29) is 28.3 Å². The van der Waals surface area contributed by atoms with Gasteiger partial charge in [0.15, 0.2) is 0 Å². The van der Waals surface area contributed by atoms with Crippen LogP contribution in [0.1, 0.15) is 5.56 Å². The summed E-state index contributed by atoms with van der Waals surface area (Å²) in [5.41, 5.74) is 5.79. The zero-order valence-electron chi connectivity index (χ0n) is 10.1. The van der Waals surface area contributed by atoms with E-state index in [4.69, 9.17) is 22.1 Å². The number of hydrogen-bond acceptors (Lipinski definition) is 6. The highest BCUT2D eigenvalue weighted by atomic mass is 79.9. The number of benzene rings is 1. The highest BCUT2D eigenvalue weighted by Crippen LogP contribution is 2.38. The number of aryl methyl sites for hydroxylation is 1. The van der Waals surface area contributed by atoms with Gasteiger partial charge in [-0.25, -0.2) is 4.98 Å². The number of aromatic nitrogens is 2. The van der Waals surface area contributed by atoms with Crippen molar-refractivity contribution in [2.75, 3.05) is 5.73 Å². The second-order valence-electron chi connectivity index (χ2n) is 3.81. The lowest BCUT2D eigenvalue weighted by atomic mass is 10.2. The molecule has 0 fully saturated rings. The quantitative estimate of drug-likeness (QED) is 0.664. The minimum atomic E-state index is -0.550. The summed E-state index contributed by atoms with van der Waals surface area (Å²) in [6.07, 6.45) is 1.26. The average molecular weight is 360 g/mol. The highest BCUT2D eigenvalue weighted by molar-refractivity contribution is 9.10. The Labute approximate surface area is 127 Å². The first kappa shape index (κ1) is 14.5. The summed E-state index contributed by atoms with van der Waals surface area (Å²) >= 11 is 9.07. The number of halogens is 2. The number of anilines is 1. The molecule has 2 N–H and O–H groups in total. The monoisotopic (exact) mass is 358 g/mol. The van der Waals surface area contributed by atoms with Crippen molar-refractivity contribution in [1.82, 2.24) is 9.97 Å². The number of nitro groups is 1. The van der Waals surface area contributed by atoms with Crippen LogP contribution in [0.3, 0.4) is 0 Å². The van der Waals surface area contributed by atoms with Crippen LogP contribution < -0.4 is 10.5 Å². The van der Waals surface area contributed by atoms with Gasteiger partial charge in [0.1, 0.15) is 5.02 Å². The van der Waals surface area contributed by atoms with Gasteiger partial charge in [0, 0.05) is 16.1 Å². The van der Waals surface area contributed by atoms with Crippen molar-refractivity contribution in [1.29, 1.82) is 0 Å². The van der Waals surface area contributed by atoms with Gasteiger partial charge >= 0.3 is 5.69 Å². The molecule has 0 unspecified atom stereocenters. The second-order valence-corrected chi connectivity index (χ2v) is 5.13. The molecular weight excluding hydrogens is 352 g/mol. The lowest BCUT2D eigenvalue weighted by Crippen LogP contribution is -2.00. The van der Waals surface area contributed by atoms with E-state index in [1.807, 2.05) is 0 Å². The molecule has 1 heterocycles. The Morgan fingerprint density at radius 2 is 2.20 bits per heavy atom. The molecule has 0 spiro atoms. The van der Waals surface area contributed by atoms with E-state index < -0.39 is 4.92 Å². The maximum atomic E-state index is 11.1. The third-order valence-corrected chi connectivity index (χ3v) is 3.06. The fourth-order valence-corrected chi connectivity index (χ4v) is 2.20. The third-order valence-electron chi connectivity index (χ3n) is 2.35. The SMILES string of the molecule is Cc1cc(Br)cc([N+](=O)[O-])c1Oc1nc(N)ncc1Cl. The minimum absolute atomic E-state index is 0.0345. The first-order valence-electron chi connectivity index (χ1n) is 5.29. The van der Waals surface area contributed by atoms with Crippen LogP contribution in [0.15, 0.2) is 22.8 Å². The van der Waals surface area contributed by atoms with Gasteiger partial charge in [-0.3, -0.25) is 10.1 Å². The van der Waals surface area contributed by atoms with E-state index >= 15 is 0 Å². The van der Waals surface area contributed by atoms with Crippen LogP contribution in [-0.4, -0.2) is 14.9 Å². The molecule has 0 aliphatic heterocycles. The van der Waals surface area contributed by atoms with E-state index in [0.717, 1.165) is 0 Å². The molecule has 9 heteroatoms. The van der Waals surface area contributed by atoms with Crippen LogP contribution in [-0.2, 0) is 0 Å². The maximum Gasteiger partial charge on any atom is 0.313 e. The molecule has 104 valence electrons. The Hall–Kier alpha value is -1.93. The molecule has 0 saturated heterocycles. The van der Waals surface area contributed by atoms with E-state index in [2.05, 4.69) is 25.9 Å². The van der Waals surface area contributed by atoms with Crippen molar-refractivity contribution in [3.63, 3.8) is 0 Å². The minimum Gasteiger partial charge on any atom is -0.430 e. The van der Waals surface area contributed by atoms with Crippen molar-refractivity contribution in [2.45, 2.75) is 6.92 Å². The number of nitro benzene ring substituents is 1. The van der Waals surface area contributed by atoms with Gasteiger partial charge in [0.25, 0.3) is 0 Å². The molecule has 20 heavy (non-hydrogen) atoms. The average Bonchev–Trinajstić information content (AvgIpc) is 2.36. The first-order chi connectivity index (χ1) is 9.38. The van der Waals surface area contributed by atoms with Gasteiger partial charge in [-0.15, -0.1) is 0 Å². The summed E-state index contributed by atoms with van der Waals surface area (Å²) in [4.78, 5) is 18.0. The van der Waals surface area contributed by atoms with Gasteiger partial charge < -0.3 is 10.5 Å². The lowest BCUT2D eigenvalue weighted by Gasteiger charge is -2.10. The van der Waals surface area contributed by atoms with Crippen LogP contribution in [0.2, 0.25) is 5.02 Å². The number of nitrogen functional groups attached to an aromatic ring is 1. The fourth-order valence-electron chi connectivity index (χ4n) is 1.51. The van der Waals surface area contributed by atoms with Crippen molar-refractivity contribution in [3.8, 4) is 11.6 Å². The topological polar surface area (TPSA) is 104 Å². The molecule has 0 radical (unpaired) electrons. The van der Waals surface area contributed by atoms with Crippen molar-refractivity contribution in [2.24, 2.45) is 0 Å². The standard InChI is InChI=1S/C11H8BrClN4O3/c1-5-2-6(12)3-8(17(18)19)9(5)20-10-7(13)4-15-11(14)16-10/h2-4H,1H3,(H2,14,15,16). The summed E-state index contributed by atoms with van der Waals surface area (Å²) in [6, 6.07) is 3.02. The lowest BCUT2D eigenvalue weighted by molar-refractivity contribution is -0.385. The van der Waals surface area contributed by atoms with Gasteiger partial charge in [-0.1, -0.05) is 27.5 Å². The summed E-state index contributed by atoms with van der Waals surface area (Å²) in [7, 11) is 0. The van der Waals surface area contributed by atoms with Gasteiger partial charge in [-0.05, 0) is 13.0 Å². The molecule has 0 bridgehead atoms. The van der Waals surface area contributed by atoms with Crippen molar-refractivity contribution < 1.29 is 9.66 Å². The second kappa shape index (κ2) is 5.59. The normalized spacial score (nSPS) is 10.3. The molecule has 0 atom stereocenters. The van der Waals surface area contributed by atoms with Crippen LogP contribution in [0, 0.1) is 17.0 Å². The van der Waals surface area contributed by atoms with E-state index in [0.29, 0.717) is 10.0 Å². The van der Waals surface area contributed by atoms with Crippen LogP contribution in [0.25, 0.3) is 0 Å². The van der Waals surface area contributed by atoms with Gasteiger partial charge in [0.2, 0.25) is 17.6 Å². The molecule has 1 aromatic carbocycles. The predicted octanol–water partition coefficient (Wildman–Crippen LogP) is 3.48. The Balaban J connectivity index is 2.53. The van der Waals surface area contributed by atoms with Gasteiger partial charge in [0.05, 0.1) is 11.1 Å². The first-order valence-corrected chi connectivity index (χ1v) is 6.46. The van der Waals surface area contributed by atoms with Crippen LogP contribution >= 0.6 is 27.5 Å². The fraction of sp³-hybridized carbons (Fsp3) is 0.0909. The zero-order chi connectivity index (χ0) is 14.9. The summed E-state index contributed by atoms with van der Waals surface area (Å²) in [5, 5.41) is 11.2. The Morgan fingerprint density at radius 1 is 1.50 bits per heavy atom. The van der Waals surface area contributed by atoms with Crippen LogP contribution in [0.4, 0.5) is 11.6 Å². The molecule has 2 rings (SSSR count). The van der Waals surface area contributed by atoms with E-state index in [9.17, 15) is 10.1 Å². The van der Waals surface area contributed by atoms with E-state index in [1.165, 1.54) is 12.3 Å². The summed E-state index contributed by atoms with van der Waals surface area (Å²) in [6.45, 7) is 1.67. The predicted molar refractivity (Wildman–Crippen MR) is 77.1 cm³/mol. The Morgan fingerprint density at radius 3 is 2.85 bits per heavy atom. The van der Waals surface area contributed by atoms with Crippen molar-refractivity contribution >= 4 is 39.2 Å². The molecule has 0 amide bonds. The summed E-state index contributed by atoms with van der Waals surface area (Å²) in [5.74, 6) is -0.0206. The molecule has 7 nitrogen and oxygen atoms in total. The van der Waals surface area contributed by atoms with Gasteiger partial charge in [-0.2, -0.15) is 4.98 Å². The molecule has 0 saturated carbocycles. The number of nitrogens with zero attached hydrogens (tertiary/aromatic N) is 3. The van der Waals surface area contributed by atoms with Crippen LogP contribution in [0.5, 0.6) is 11.6 Å². The molecule has 0 aliphatic carbocycles. The number of nitrogens with two attached hydrogens (primary N) is 1. The number of hydrogen-bond donors (Lipinski definition) is 1. The largest absolute Gasteiger partial charge is 0.430 e.